The quantitative estimate of drug-likeness (QED) is 0.303. The van der Waals surface area contributed by atoms with Gasteiger partial charge in [-0.1, -0.05) is 17.7 Å². The SMILES string of the molecule is Cc1ccc(-n2[nH]c(C)c(N=Nc3c(C)[nH]n(-c4ccc(S(=O)(=O)O)cc4)c3=O)c2=O)cc1. The molecule has 0 spiro atoms. The normalized spacial score (nSPS) is 12.0. The summed E-state index contributed by atoms with van der Waals surface area (Å²) in [4.78, 5) is 25.4. The predicted molar refractivity (Wildman–Crippen MR) is 121 cm³/mol. The maximum atomic E-state index is 12.8. The van der Waals surface area contributed by atoms with Crippen molar-refractivity contribution in [3.8, 4) is 11.4 Å². The fraction of sp³-hybridized carbons (Fsp3) is 0.143. The first-order valence-electron chi connectivity index (χ1n) is 9.76. The first-order chi connectivity index (χ1) is 15.6. The largest absolute Gasteiger partial charge is 0.299 e. The van der Waals surface area contributed by atoms with Crippen LogP contribution in [-0.4, -0.2) is 32.5 Å². The van der Waals surface area contributed by atoms with Crippen LogP contribution in [0, 0.1) is 20.8 Å². The Morgan fingerprint density at radius 3 is 1.52 bits per heavy atom. The number of benzene rings is 2. The molecule has 4 aromatic rings. The zero-order valence-electron chi connectivity index (χ0n) is 17.9. The van der Waals surface area contributed by atoms with Crippen LogP contribution in [0.25, 0.3) is 11.4 Å². The third kappa shape index (κ3) is 4.21. The Morgan fingerprint density at radius 1 is 0.727 bits per heavy atom. The van der Waals surface area contributed by atoms with Crippen molar-refractivity contribution < 1.29 is 13.0 Å². The molecule has 12 heteroatoms. The number of azo groups is 1. The fourth-order valence-electron chi connectivity index (χ4n) is 3.24. The summed E-state index contributed by atoms with van der Waals surface area (Å²) in [5, 5.41) is 13.8. The van der Waals surface area contributed by atoms with Gasteiger partial charge in [0.25, 0.3) is 21.2 Å². The molecule has 0 amide bonds. The van der Waals surface area contributed by atoms with Crippen molar-refractivity contribution in [2.45, 2.75) is 25.7 Å². The Morgan fingerprint density at radius 2 is 1.12 bits per heavy atom. The smallest absolute Gasteiger partial charge is 0.293 e. The van der Waals surface area contributed by atoms with Gasteiger partial charge in [-0.3, -0.25) is 24.3 Å². The van der Waals surface area contributed by atoms with Crippen LogP contribution in [0.1, 0.15) is 17.0 Å². The Bertz CT molecular complexity index is 1590. The Balaban J connectivity index is 1.69. The topological polar surface area (TPSA) is 155 Å². The van der Waals surface area contributed by atoms with E-state index in [0.29, 0.717) is 22.8 Å². The Kier molecular flexibility index (Phi) is 5.47. The van der Waals surface area contributed by atoms with Crippen molar-refractivity contribution in [3.05, 3.63) is 86.2 Å². The van der Waals surface area contributed by atoms with Crippen LogP contribution in [0.3, 0.4) is 0 Å². The molecule has 0 aliphatic heterocycles. The van der Waals surface area contributed by atoms with Crippen LogP contribution >= 0.6 is 0 Å². The molecule has 0 bridgehead atoms. The van der Waals surface area contributed by atoms with Crippen LogP contribution in [-0.2, 0) is 10.1 Å². The summed E-state index contributed by atoms with van der Waals surface area (Å²) in [6.07, 6.45) is 0. The van der Waals surface area contributed by atoms with E-state index in [-0.39, 0.29) is 16.3 Å². The number of rotatable bonds is 5. The van der Waals surface area contributed by atoms with Gasteiger partial charge in [0.05, 0.1) is 27.7 Å². The van der Waals surface area contributed by atoms with Crippen molar-refractivity contribution in [2.75, 3.05) is 0 Å². The molecule has 11 nitrogen and oxygen atoms in total. The van der Waals surface area contributed by atoms with Gasteiger partial charge in [-0.25, -0.2) is 9.36 Å². The number of aryl methyl sites for hydroxylation is 3. The van der Waals surface area contributed by atoms with Crippen LogP contribution in [0.15, 0.2) is 73.2 Å². The van der Waals surface area contributed by atoms with Gasteiger partial charge in [0.2, 0.25) is 0 Å². The van der Waals surface area contributed by atoms with Gasteiger partial charge in [0.15, 0.2) is 11.4 Å². The molecule has 0 aliphatic rings. The summed E-state index contributed by atoms with van der Waals surface area (Å²) in [5.74, 6) is 0. The summed E-state index contributed by atoms with van der Waals surface area (Å²) in [7, 11) is -4.35. The van der Waals surface area contributed by atoms with Crippen molar-refractivity contribution in [1.82, 2.24) is 19.6 Å². The van der Waals surface area contributed by atoms with Crippen molar-refractivity contribution in [3.63, 3.8) is 0 Å². The second-order valence-corrected chi connectivity index (χ2v) is 8.88. The van der Waals surface area contributed by atoms with E-state index in [9.17, 15) is 18.0 Å². The summed E-state index contributed by atoms with van der Waals surface area (Å²) >= 11 is 0. The standard InChI is InChI=1S/C21H20N6O5S/c1-12-4-6-15(7-5-12)26-20(28)18(13(2)24-26)22-23-19-14(3)25-27(21(19)29)16-8-10-17(11-9-16)33(30,31)32/h4-11,24-25H,1-3H3,(H,30,31,32). The van der Waals surface area contributed by atoms with Crippen LogP contribution < -0.4 is 11.1 Å². The molecule has 0 fully saturated rings. The first-order valence-corrected chi connectivity index (χ1v) is 11.2. The highest BCUT2D eigenvalue weighted by Gasteiger charge is 2.16. The van der Waals surface area contributed by atoms with Crippen LogP contribution in [0.4, 0.5) is 11.4 Å². The number of nitrogens with one attached hydrogen (secondary N) is 2. The van der Waals surface area contributed by atoms with Gasteiger partial charge in [-0.2, -0.15) is 8.42 Å². The maximum absolute atomic E-state index is 12.8. The fourth-order valence-corrected chi connectivity index (χ4v) is 3.72. The molecule has 0 radical (unpaired) electrons. The van der Waals surface area contributed by atoms with Gasteiger partial charge in [-0.15, -0.1) is 10.2 Å². The third-order valence-corrected chi connectivity index (χ3v) is 5.88. The van der Waals surface area contributed by atoms with Gasteiger partial charge >= 0.3 is 0 Å². The molecular weight excluding hydrogens is 448 g/mol. The van der Waals surface area contributed by atoms with Gasteiger partial charge in [-0.05, 0) is 57.2 Å². The molecule has 170 valence electrons. The van der Waals surface area contributed by atoms with Gasteiger partial charge in [0, 0.05) is 0 Å². The second kappa shape index (κ2) is 8.15. The lowest BCUT2D eigenvalue weighted by atomic mass is 10.2. The maximum Gasteiger partial charge on any atom is 0.299 e. The lowest BCUT2D eigenvalue weighted by Crippen LogP contribution is -2.14. The molecular formula is C21H20N6O5S. The van der Waals surface area contributed by atoms with Gasteiger partial charge in [0.1, 0.15) is 0 Å². The molecule has 0 aliphatic carbocycles. The average molecular weight is 468 g/mol. The van der Waals surface area contributed by atoms with Crippen molar-refractivity contribution >= 4 is 21.5 Å². The third-order valence-electron chi connectivity index (χ3n) is 5.02. The molecule has 4 rings (SSSR count). The minimum Gasteiger partial charge on any atom is -0.293 e. The van der Waals surface area contributed by atoms with E-state index in [0.717, 1.165) is 10.2 Å². The minimum absolute atomic E-state index is 0.00394. The molecule has 2 aromatic carbocycles. The molecule has 3 N–H and O–H groups in total. The lowest BCUT2D eigenvalue weighted by molar-refractivity contribution is 0.483. The number of nitrogens with zero attached hydrogens (tertiary/aromatic N) is 4. The van der Waals surface area contributed by atoms with Crippen molar-refractivity contribution in [1.29, 1.82) is 0 Å². The highest BCUT2D eigenvalue weighted by molar-refractivity contribution is 7.85. The Labute approximate surface area is 187 Å². The summed E-state index contributed by atoms with van der Waals surface area (Å²) in [5.41, 5.74) is 2.03. The number of hydrogen-bond donors (Lipinski definition) is 3. The number of aromatic nitrogens is 4. The van der Waals surface area contributed by atoms with E-state index >= 15 is 0 Å². The van der Waals surface area contributed by atoms with Crippen LogP contribution in [0.5, 0.6) is 0 Å². The monoisotopic (exact) mass is 468 g/mol. The zero-order valence-corrected chi connectivity index (χ0v) is 18.7. The predicted octanol–water partition coefficient (Wildman–Crippen LogP) is 3.23. The van der Waals surface area contributed by atoms with E-state index in [1.54, 1.807) is 26.0 Å². The van der Waals surface area contributed by atoms with E-state index in [1.165, 1.54) is 28.9 Å². The van der Waals surface area contributed by atoms with Crippen LogP contribution in [0.2, 0.25) is 0 Å². The first kappa shape index (κ1) is 22.2. The minimum atomic E-state index is -4.35. The van der Waals surface area contributed by atoms with E-state index < -0.39 is 21.2 Å². The zero-order chi connectivity index (χ0) is 23.9. The van der Waals surface area contributed by atoms with Crippen molar-refractivity contribution in [2.24, 2.45) is 10.2 Å². The average Bonchev–Trinajstić information content (AvgIpc) is 3.21. The summed E-state index contributed by atoms with van der Waals surface area (Å²) in [6, 6.07) is 12.4. The molecule has 33 heavy (non-hydrogen) atoms. The number of H-pyrrole nitrogens is 2. The number of hydrogen-bond acceptors (Lipinski definition) is 6. The molecule has 2 aromatic heterocycles. The number of aromatic amines is 2. The van der Waals surface area contributed by atoms with E-state index in [2.05, 4.69) is 20.4 Å². The summed E-state index contributed by atoms with van der Waals surface area (Å²) < 4.78 is 34.0. The van der Waals surface area contributed by atoms with E-state index in [1.807, 2.05) is 19.1 Å². The highest BCUT2D eigenvalue weighted by atomic mass is 32.2. The molecule has 2 heterocycles. The van der Waals surface area contributed by atoms with E-state index in [4.69, 9.17) is 4.55 Å². The Hall–Kier alpha value is -4.03. The second-order valence-electron chi connectivity index (χ2n) is 7.46. The summed E-state index contributed by atoms with van der Waals surface area (Å²) in [6.45, 7) is 5.24. The lowest BCUT2D eigenvalue weighted by Gasteiger charge is -2.02. The molecule has 0 unspecified atom stereocenters. The molecule has 0 atom stereocenters. The molecule has 0 saturated heterocycles. The molecule has 0 saturated carbocycles. The van der Waals surface area contributed by atoms with Gasteiger partial charge < -0.3 is 0 Å². The highest BCUT2D eigenvalue weighted by Crippen LogP contribution is 2.20.